The van der Waals surface area contributed by atoms with Crippen molar-refractivity contribution in [2.75, 3.05) is 26.2 Å². The van der Waals surface area contributed by atoms with E-state index < -0.39 is 0 Å². The highest BCUT2D eigenvalue weighted by Gasteiger charge is 2.19. The van der Waals surface area contributed by atoms with Crippen LogP contribution < -0.4 is 0 Å². The van der Waals surface area contributed by atoms with Gasteiger partial charge in [-0.2, -0.15) is 4.98 Å². The fourth-order valence-electron chi connectivity index (χ4n) is 3.09. The molecule has 0 aromatic carbocycles. The lowest BCUT2D eigenvalue weighted by Crippen LogP contribution is -2.45. The molecule has 0 unspecified atom stereocenters. The molecule has 1 aliphatic rings. The average Bonchev–Trinajstić information content (AvgIpc) is 3.22. The number of rotatable bonds is 5. The van der Waals surface area contributed by atoms with E-state index in [1.807, 2.05) is 31.3 Å². The second kappa shape index (κ2) is 6.70. The topological polar surface area (TPSA) is 62.7 Å². The molecule has 0 saturated carbocycles. The first-order valence-corrected chi connectivity index (χ1v) is 8.49. The van der Waals surface area contributed by atoms with E-state index in [2.05, 4.69) is 35.5 Å². The van der Waals surface area contributed by atoms with Crippen LogP contribution in [0.15, 0.2) is 35.1 Å². The molecule has 0 bridgehead atoms. The van der Waals surface area contributed by atoms with E-state index in [1.165, 1.54) is 0 Å². The Balaban J connectivity index is 1.31. The summed E-state index contributed by atoms with van der Waals surface area (Å²) >= 11 is 0. The summed E-state index contributed by atoms with van der Waals surface area (Å²) in [6.45, 7) is 7.76. The third-order valence-electron chi connectivity index (χ3n) is 4.45. The highest BCUT2D eigenvalue weighted by molar-refractivity contribution is 5.39. The smallest absolute Gasteiger partial charge is 0.240 e. The predicted octanol–water partition coefficient (Wildman–Crippen LogP) is 1.60. The van der Waals surface area contributed by atoms with Crippen molar-refractivity contribution < 1.29 is 4.52 Å². The highest BCUT2D eigenvalue weighted by Crippen LogP contribution is 2.11. The zero-order valence-corrected chi connectivity index (χ0v) is 13.9. The zero-order valence-electron chi connectivity index (χ0n) is 13.9. The summed E-state index contributed by atoms with van der Waals surface area (Å²) < 4.78 is 7.36. The van der Waals surface area contributed by atoms with Gasteiger partial charge in [0.05, 0.1) is 12.2 Å². The van der Waals surface area contributed by atoms with E-state index >= 15 is 0 Å². The van der Waals surface area contributed by atoms with Gasteiger partial charge in [0.2, 0.25) is 5.89 Å². The van der Waals surface area contributed by atoms with Gasteiger partial charge in [-0.1, -0.05) is 18.1 Å². The number of piperazine rings is 1. The number of imidazole rings is 1. The minimum absolute atomic E-state index is 0.723. The van der Waals surface area contributed by atoms with E-state index in [9.17, 15) is 0 Å². The summed E-state index contributed by atoms with van der Waals surface area (Å²) in [7, 11) is 0. The fraction of sp³-hybridized carbons (Fsp3) is 0.471. The largest absolute Gasteiger partial charge is 0.338 e. The Morgan fingerprint density at radius 1 is 1.04 bits per heavy atom. The van der Waals surface area contributed by atoms with Gasteiger partial charge in [0, 0.05) is 51.5 Å². The van der Waals surface area contributed by atoms with Crippen molar-refractivity contribution in [1.82, 2.24) is 29.3 Å². The highest BCUT2D eigenvalue weighted by atomic mass is 16.5. The number of aryl methyl sites for hydroxylation is 1. The Kier molecular flexibility index (Phi) is 4.27. The van der Waals surface area contributed by atoms with Crippen molar-refractivity contribution in [3.63, 3.8) is 0 Å². The van der Waals surface area contributed by atoms with Gasteiger partial charge in [0.25, 0.3) is 0 Å². The minimum Gasteiger partial charge on any atom is -0.338 e. The van der Waals surface area contributed by atoms with E-state index in [0.29, 0.717) is 0 Å². The summed E-state index contributed by atoms with van der Waals surface area (Å²) in [5, 5.41) is 3.96. The van der Waals surface area contributed by atoms with Crippen LogP contribution in [-0.4, -0.2) is 55.5 Å². The monoisotopic (exact) mass is 326 g/mol. The molecule has 0 radical (unpaired) electrons. The molecule has 1 saturated heterocycles. The van der Waals surface area contributed by atoms with Crippen LogP contribution in [0.3, 0.4) is 0 Å². The molecule has 0 spiro atoms. The molecule has 1 fully saturated rings. The number of nitrogens with zero attached hydrogens (tertiary/aromatic N) is 6. The van der Waals surface area contributed by atoms with Gasteiger partial charge in [-0.15, -0.1) is 0 Å². The first kappa shape index (κ1) is 15.3. The van der Waals surface area contributed by atoms with Gasteiger partial charge in [-0.25, -0.2) is 4.98 Å². The number of fused-ring (bicyclic) bond motifs is 1. The van der Waals surface area contributed by atoms with E-state index in [4.69, 9.17) is 4.52 Å². The Labute approximate surface area is 140 Å². The van der Waals surface area contributed by atoms with Gasteiger partial charge in [0.15, 0.2) is 5.82 Å². The van der Waals surface area contributed by atoms with Gasteiger partial charge in [-0.3, -0.25) is 9.80 Å². The number of aromatic nitrogens is 4. The van der Waals surface area contributed by atoms with Gasteiger partial charge < -0.3 is 8.92 Å². The molecular weight excluding hydrogens is 304 g/mol. The molecule has 3 aromatic heterocycles. The second-order valence-corrected chi connectivity index (χ2v) is 6.21. The molecule has 7 nitrogen and oxygen atoms in total. The molecule has 0 amide bonds. The summed E-state index contributed by atoms with van der Waals surface area (Å²) in [6, 6.07) is 6.08. The molecule has 0 atom stereocenters. The van der Waals surface area contributed by atoms with Gasteiger partial charge in [-0.05, 0) is 12.1 Å². The maximum atomic E-state index is 5.29. The molecular formula is C17H22N6O. The van der Waals surface area contributed by atoms with Crippen molar-refractivity contribution in [3.8, 4) is 0 Å². The lowest BCUT2D eigenvalue weighted by Gasteiger charge is -2.33. The van der Waals surface area contributed by atoms with Gasteiger partial charge >= 0.3 is 0 Å². The molecule has 3 aromatic rings. The van der Waals surface area contributed by atoms with Crippen LogP contribution >= 0.6 is 0 Å². The molecule has 126 valence electrons. The molecule has 4 heterocycles. The first-order chi connectivity index (χ1) is 11.8. The van der Waals surface area contributed by atoms with Crippen molar-refractivity contribution >= 4 is 5.65 Å². The SMILES string of the molecule is CCc1noc(CN2CCN(Cc3cn4ccccc4n3)CC2)n1. The van der Waals surface area contributed by atoms with Crippen molar-refractivity contribution in [2.45, 2.75) is 26.4 Å². The van der Waals surface area contributed by atoms with Crippen LogP contribution in [0.1, 0.15) is 24.3 Å². The van der Waals surface area contributed by atoms with Crippen LogP contribution in [-0.2, 0) is 19.5 Å². The summed E-state index contributed by atoms with van der Waals surface area (Å²) in [5.41, 5.74) is 2.13. The summed E-state index contributed by atoms with van der Waals surface area (Å²) in [5.74, 6) is 1.51. The third kappa shape index (κ3) is 3.32. The van der Waals surface area contributed by atoms with Crippen LogP contribution in [0.25, 0.3) is 5.65 Å². The summed E-state index contributed by atoms with van der Waals surface area (Å²) in [4.78, 5) is 13.9. The predicted molar refractivity (Wildman–Crippen MR) is 89.4 cm³/mol. The summed E-state index contributed by atoms with van der Waals surface area (Å²) in [6.07, 6.45) is 4.97. The lowest BCUT2D eigenvalue weighted by atomic mass is 10.3. The molecule has 7 heteroatoms. The normalized spacial score (nSPS) is 16.9. The van der Waals surface area contributed by atoms with Crippen molar-refractivity contribution in [2.24, 2.45) is 0 Å². The van der Waals surface area contributed by atoms with Crippen LogP contribution in [0.4, 0.5) is 0 Å². The van der Waals surface area contributed by atoms with Crippen LogP contribution in [0, 0.1) is 0 Å². The Morgan fingerprint density at radius 2 is 1.83 bits per heavy atom. The molecule has 0 N–H and O–H groups in total. The van der Waals surface area contributed by atoms with Crippen molar-refractivity contribution in [3.05, 3.63) is 48.0 Å². The van der Waals surface area contributed by atoms with Crippen LogP contribution in [0.5, 0.6) is 0 Å². The molecule has 0 aliphatic carbocycles. The third-order valence-corrected chi connectivity index (χ3v) is 4.45. The second-order valence-electron chi connectivity index (χ2n) is 6.21. The van der Waals surface area contributed by atoms with Gasteiger partial charge in [0.1, 0.15) is 5.65 Å². The zero-order chi connectivity index (χ0) is 16.4. The lowest BCUT2D eigenvalue weighted by molar-refractivity contribution is 0.111. The maximum absolute atomic E-state index is 5.29. The van der Waals surface area contributed by atoms with Crippen molar-refractivity contribution in [1.29, 1.82) is 0 Å². The van der Waals surface area contributed by atoms with E-state index in [1.54, 1.807) is 0 Å². The first-order valence-electron chi connectivity index (χ1n) is 8.49. The van der Waals surface area contributed by atoms with E-state index in [0.717, 1.165) is 68.7 Å². The Hall–Kier alpha value is -2.25. The average molecular weight is 326 g/mol. The van der Waals surface area contributed by atoms with E-state index in [-0.39, 0.29) is 0 Å². The molecule has 4 rings (SSSR count). The maximum Gasteiger partial charge on any atom is 0.240 e. The number of hydrogen-bond acceptors (Lipinski definition) is 6. The number of pyridine rings is 1. The molecule has 24 heavy (non-hydrogen) atoms. The number of hydrogen-bond donors (Lipinski definition) is 0. The fourth-order valence-corrected chi connectivity index (χ4v) is 3.09. The standard InChI is InChI=1S/C17H22N6O/c1-2-15-19-17(24-20-15)13-22-9-7-21(8-10-22)11-14-12-23-6-4-3-5-16(23)18-14/h3-6,12H,2,7-11,13H2,1H3. The Bertz CT molecular complexity index is 769. The quantitative estimate of drug-likeness (QED) is 0.710. The van der Waals surface area contributed by atoms with Crippen LogP contribution in [0.2, 0.25) is 0 Å². The molecule has 1 aliphatic heterocycles. The minimum atomic E-state index is 0.723. The Morgan fingerprint density at radius 3 is 2.54 bits per heavy atom.